The van der Waals surface area contributed by atoms with E-state index in [1.807, 2.05) is 18.0 Å². The monoisotopic (exact) mass is 429 g/mol. The van der Waals surface area contributed by atoms with Gasteiger partial charge in [-0.3, -0.25) is 10.00 Å². The van der Waals surface area contributed by atoms with Gasteiger partial charge in [0.25, 0.3) is 0 Å². The molecule has 0 saturated carbocycles. The molecule has 1 unspecified atom stereocenters. The van der Waals surface area contributed by atoms with Crippen LogP contribution in [0.25, 0.3) is 10.9 Å². The number of benzene rings is 1. The van der Waals surface area contributed by atoms with E-state index >= 15 is 0 Å². The molecule has 3 aliphatic rings. The number of aromatic amines is 1. The molecule has 2 aromatic rings. The van der Waals surface area contributed by atoms with Gasteiger partial charge in [-0.15, -0.1) is 11.8 Å². The second-order valence-electron chi connectivity index (χ2n) is 7.58. The topological polar surface area (TPSA) is 72.5 Å². The lowest BCUT2D eigenvalue weighted by Crippen LogP contribution is -2.50. The first-order valence-corrected chi connectivity index (χ1v) is 12.3. The van der Waals surface area contributed by atoms with Gasteiger partial charge in [0, 0.05) is 48.9 Å². The Bertz CT molecular complexity index is 1130. The van der Waals surface area contributed by atoms with E-state index < -0.39 is 10.0 Å². The molecule has 9 heteroatoms. The van der Waals surface area contributed by atoms with Gasteiger partial charge in [0.15, 0.2) is 0 Å². The molecular weight excluding hydrogens is 406 g/mol. The van der Waals surface area contributed by atoms with Gasteiger partial charge >= 0.3 is 0 Å². The number of sulfonamides is 1. The highest BCUT2D eigenvalue weighted by molar-refractivity contribution is 8.04. The Morgan fingerprint density at radius 3 is 2.86 bits per heavy atom. The SMILES string of the molecule is CS(=O)(=O)N1CCN(CN2C=CC3=CC(c4cccc5[nH]ncc45)SC3=C2)CC1. The lowest BCUT2D eigenvalue weighted by atomic mass is 10.0. The maximum absolute atomic E-state index is 11.7. The van der Waals surface area contributed by atoms with Crippen molar-refractivity contribution >= 4 is 32.7 Å². The minimum atomic E-state index is -3.09. The van der Waals surface area contributed by atoms with Crippen LogP contribution >= 0.6 is 11.8 Å². The summed E-state index contributed by atoms with van der Waals surface area (Å²) >= 11 is 1.86. The lowest BCUT2D eigenvalue weighted by Gasteiger charge is -2.36. The van der Waals surface area contributed by atoms with Crippen molar-refractivity contribution in [2.45, 2.75) is 5.25 Å². The number of nitrogens with one attached hydrogen (secondary N) is 1. The van der Waals surface area contributed by atoms with Crippen LogP contribution in [0.4, 0.5) is 0 Å². The number of piperazine rings is 1. The number of hydrogen-bond donors (Lipinski definition) is 1. The van der Waals surface area contributed by atoms with E-state index in [0.29, 0.717) is 13.1 Å². The molecule has 1 atom stereocenters. The van der Waals surface area contributed by atoms with Crippen LogP contribution in [-0.2, 0) is 10.0 Å². The molecule has 0 radical (unpaired) electrons. The van der Waals surface area contributed by atoms with Gasteiger partial charge in [0.05, 0.1) is 29.9 Å². The fourth-order valence-electron chi connectivity index (χ4n) is 4.01. The fraction of sp³-hybridized carbons (Fsp3) is 0.350. The summed E-state index contributed by atoms with van der Waals surface area (Å²) in [6.07, 6.45) is 12.0. The van der Waals surface area contributed by atoms with E-state index in [4.69, 9.17) is 0 Å². The number of H-pyrrole nitrogens is 1. The van der Waals surface area contributed by atoms with Gasteiger partial charge in [-0.2, -0.15) is 9.40 Å². The third-order valence-electron chi connectivity index (χ3n) is 5.59. The number of rotatable bonds is 4. The molecule has 4 heterocycles. The average molecular weight is 430 g/mol. The molecule has 0 spiro atoms. The zero-order valence-electron chi connectivity index (χ0n) is 16.2. The van der Waals surface area contributed by atoms with Crippen molar-refractivity contribution in [2.75, 3.05) is 39.1 Å². The Labute approximate surface area is 174 Å². The third kappa shape index (κ3) is 3.75. The average Bonchev–Trinajstić information content (AvgIpc) is 3.34. The molecular formula is C20H23N5O2S2. The van der Waals surface area contributed by atoms with E-state index in [1.54, 1.807) is 4.31 Å². The van der Waals surface area contributed by atoms with Gasteiger partial charge < -0.3 is 4.90 Å². The Morgan fingerprint density at radius 1 is 1.24 bits per heavy atom. The quantitative estimate of drug-likeness (QED) is 0.805. The largest absolute Gasteiger partial charge is 0.340 e. The van der Waals surface area contributed by atoms with E-state index in [1.165, 1.54) is 27.7 Å². The standard InChI is InChI=1S/C20H23N5O2S2/c1-29(26,27)25-9-7-23(8-10-25)14-24-6-5-15-11-19(28-20(15)13-24)16-3-2-4-18-17(16)12-21-22-18/h2-6,11-13,19H,7-10,14H2,1H3,(H,21,22). The van der Waals surface area contributed by atoms with Gasteiger partial charge in [0.1, 0.15) is 0 Å². The summed E-state index contributed by atoms with van der Waals surface area (Å²) < 4.78 is 24.9. The summed E-state index contributed by atoms with van der Waals surface area (Å²) in [6.45, 7) is 3.39. The number of nitrogens with zero attached hydrogens (tertiary/aromatic N) is 4. The first kappa shape index (κ1) is 18.9. The van der Waals surface area contributed by atoms with Gasteiger partial charge in [0.2, 0.25) is 10.0 Å². The van der Waals surface area contributed by atoms with Crippen molar-refractivity contribution in [3.8, 4) is 0 Å². The predicted octanol–water partition coefficient (Wildman–Crippen LogP) is 2.48. The van der Waals surface area contributed by atoms with Crippen molar-refractivity contribution in [1.82, 2.24) is 24.3 Å². The normalized spacial score (nSPS) is 23.3. The van der Waals surface area contributed by atoms with Crippen LogP contribution < -0.4 is 0 Å². The number of fused-ring (bicyclic) bond motifs is 2. The maximum Gasteiger partial charge on any atom is 0.211 e. The van der Waals surface area contributed by atoms with Crippen LogP contribution in [0, 0.1) is 0 Å². The van der Waals surface area contributed by atoms with Crippen molar-refractivity contribution in [3.05, 3.63) is 65.0 Å². The van der Waals surface area contributed by atoms with E-state index in [9.17, 15) is 8.42 Å². The van der Waals surface area contributed by atoms with Gasteiger partial charge in [-0.25, -0.2) is 8.42 Å². The Morgan fingerprint density at radius 2 is 2.07 bits per heavy atom. The van der Waals surface area contributed by atoms with Gasteiger partial charge in [-0.1, -0.05) is 18.2 Å². The number of allylic oxidation sites excluding steroid dienone is 2. The molecule has 1 aromatic carbocycles. The lowest BCUT2D eigenvalue weighted by molar-refractivity contribution is 0.146. The minimum Gasteiger partial charge on any atom is -0.340 e. The second-order valence-corrected chi connectivity index (χ2v) is 10.7. The maximum atomic E-state index is 11.7. The zero-order valence-corrected chi connectivity index (χ0v) is 17.8. The number of hydrogen-bond acceptors (Lipinski definition) is 6. The van der Waals surface area contributed by atoms with Crippen molar-refractivity contribution in [2.24, 2.45) is 0 Å². The Balaban J connectivity index is 1.26. The predicted molar refractivity (Wildman–Crippen MR) is 116 cm³/mol. The summed E-state index contributed by atoms with van der Waals surface area (Å²) in [5.74, 6) is 0. The molecule has 1 fully saturated rings. The fourth-order valence-corrected chi connectivity index (χ4v) is 6.13. The third-order valence-corrected chi connectivity index (χ3v) is 8.13. The molecule has 1 saturated heterocycles. The van der Waals surface area contributed by atoms with Crippen molar-refractivity contribution in [3.63, 3.8) is 0 Å². The molecule has 3 aliphatic heterocycles. The molecule has 5 rings (SSSR count). The van der Waals surface area contributed by atoms with Crippen molar-refractivity contribution in [1.29, 1.82) is 0 Å². The summed E-state index contributed by atoms with van der Waals surface area (Å²) in [5, 5.41) is 8.68. The smallest absolute Gasteiger partial charge is 0.211 e. The number of aromatic nitrogens is 2. The molecule has 0 bridgehead atoms. The molecule has 0 aliphatic carbocycles. The van der Waals surface area contributed by atoms with Crippen LogP contribution in [0.5, 0.6) is 0 Å². The van der Waals surface area contributed by atoms with Gasteiger partial charge in [-0.05, 0) is 23.3 Å². The van der Waals surface area contributed by atoms with Crippen molar-refractivity contribution < 1.29 is 8.42 Å². The van der Waals surface area contributed by atoms with Crippen LogP contribution in [0.3, 0.4) is 0 Å². The first-order chi connectivity index (χ1) is 14.0. The Hall–Kier alpha value is -2.07. The number of thioether (sulfide) groups is 1. The zero-order chi connectivity index (χ0) is 20.0. The highest BCUT2D eigenvalue weighted by Crippen LogP contribution is 2.49. The summed E-state index contributed by atoms with van der Waals surface area (Å²) in [5.41, 5.74) is 3.61. The summed E-state index contributed by atoms with van der Waals surface area (Å²) in [7, 11) is -3.09. The minimum absolute atomic E-state index is 0.278. The molecule has 1 aromatic heterocycles. The van der Waals surface area contributed by atoms with Crippen LogP contribution in [0.1, 0.15) is 10.8 Å². The van der Waals surface area contributed by atoms with Crippen LogP contribution in [0.2, 0.25) is 0 Å². The highest BCUT2D eigenvalue weighted by Gasteiger charge is 2.27. The molecule has 152 valence electrons. The summed E-state index contributed by atoms with van der Waals surface area (Å²) in [4.78, 5) is 5.75. The summed E-state index contributed by atoms with van der Waals surface area (Å²) in [6, 6.07) is 6.30. The van der Waals surface area contributed by atoms with Crippen LogP contribution in [0.15, 0.2) is 59.4 Å². The van der Waals surface area contributed by atoms with Crippen LogP contribution in [-0.4, -0.2) is 71.8 Å². The molecule has 0 amide bonds. The molecule has 1 N–H and O–H groups in total. The highest BCUT2D eigenvalue weighted by atomic mass is 32.2. The molecule has 29 heavy (non-hydrogen) atoms. The van der Waals surface area contributed by atoms with E-state index in [-0.39, 0.29) is 5.25 Å². The first-order valence-electron chi connectivity index (χ1n) is 9.61. The van der Waals surface area contributed by atoms with E-state index in [0.717, 1.165) is 25.3 Å². The van der Waals surface area contributed by atoms with E-state index in [2.05, 4.69) is 62.7 Å². The second kappa shape index (κ2) is 7.32. The Kier molecular flexibility index (Phi) is 4.78. The molecule has 7 nitrogen and oxygen atoms in total.